The van der Waals surface area contributed by atoms with Crippen molar-refractivity contribution in [2.45, 2.75) is 59.0 Å². The summed E-state index contributed by atoms with van der Waals surface area (Å²) in [4.78, 5) is 23.2. The van der Waals surface area contributed by atoms with Gasteiger partial charge in [0.1, 0.15) is 11.8 Å². The van der Waals surface area contributed by atoms with Crippen LogP contribution >= 0.6 is 0 Å². The highest BCUT2D eigenvalue weighted by atomic mass is 16.6. The Morgan fingerprint density at radius 3 is 1.72 bits per heavy atom. The Morgan fingerprint density at radius 1 is 1.00 bits per heavy atom. The molecule has 18 heavy (non-hydrogen) atoms. The van der Waals surface area contributed by atoms with E-state index < -0.39 is 35.2 Å². The lowest BCUT2D eigenvalue weighted by molar-refractivity contribution is -0.172. The molecule has 4 N–H and O–H groups in total. The highest BCUT2D eigenvalue weighted by Crippen LogP contribution is 2.17. The highest BCUT2D eigenvalue weighted by Gasteiger charge is 2.37. The molecule has 2 atom stereocenters. The second-order valence-electron chi connectivity index (χ2n) is 6.11. The summed E-state index contributed by atoms with van der Waals surface area (Å²) >= 11 is 0. The number of hydrogen-bond donors (Lipinski definition) is 2. The molecule has 0 fully saturated rings. The van der Waals surface area contributed by atoms with Crippen LogP contribution in [0.15, 0.2) is 0 Å². The number of hydrogen-bond acceptors (Lipinski definition) is 5. The van der Waals surface area contributed by atoms with E-state index in [-0.39, 0.29) is 0 Å². The zero-order chi connectivity index (χ0) is 14.7. The van der Waals surface area contributed by atoms with E-state index >= 15 is 0 Å². The summed E-state index contributed by atoms with van der Waals surface area (Å²) in [7, 11) is 0. The maximum atomic E-state index is 11.8. The van der Waals surface area contributed by atoms with Crippen molar-refractivity contribution in [2.24, 2.45) is 17.4 Å². The van der Waals surface area contributed by atoms with Crippen molar-refractivity contribution in [3.63, 3.8) is 0 Å². The Labute approximate surface area is 108 Å². The van der Waals surface area contributed by atoms with E-state index in [1.54, 1.807) is 41.5 Å². The number of carbonyl (C=O) groups is 2. The average molecular weight is 260 g/mol. The standard InChI is InChI=1S/C12H24N2O4/c1-11(2,3)17-9(14)7(8(13)15)10(16)18-12(4,5)6/h7,9H,14H2,1-6H3,(H2,13,15). The number of esters is 1. The Balaban J connectivity index is 4.87. The number of ether oxygens (including phenoxy) is 2. The molecule has 0 aromatic carbocycles. The van der Waals surface area contributed by atoms with Crippen molar-refractivity contribution in [3.8, 4) is 0 Å². The topological polar surface area (TPSA) is 105 Å². The van der Waals surface area contributed by atoms with E-state index in [4.69, 9.17) is 20.9 Å². The Bertz CT molecular complexity index is 315. The minimum absolute atomic E-state index is 0.588. The normalized spacial score (nSPS) is 15.9. The fourth-order valence-electron chi connectivity index (χ4n) is 1.25. The molecule has 0 radical (unpaired) electrons. The Hall–Kier alpha value is -1.14. The SMILES string of the molecule is CC(C)(C)OC(=O)C(C(N)=O)C(N)OC(C)(C)C. The van der Waals surface area contributed by atoms with Crippen molar-refractivity contribution < 1.29 is 19.1 Å². The lowest BCUT2D eigenvalue weighted by Crippen LogP contribution is -2.50. The lowest BCUT2D eigenvalue weighted by Gasteiger charge is -2.29. The molecule has 0 spiro atoms. The molecule has 1 amide bonds. The molecule has 0 aliphatic rings. The summed E-state index contributed by atoms with van der Waals surface area (Å²) in [5, 5.41) is 0. The second-order valence-corrected chi connectivity index (χ2v) is 6.11. The lowest BCUT2D eigenvalue weighted by atomic mass is 10.1. The largest absolute Gasteiger partial charge is 0.459 e. The van der Waals surface area contributed by atoms with Gasteiger partial charge in [0.15, 0.2) is 5.92 Å². The molecule has 0 saturated carbocycles. The van der Waals surface area contributed by atoms with E-state index in [1.165, 1.54) is 0 Å². The smallest absolute Gasteiger partial charge is 0.323 e. The summed E-state index contributed by atoms with van der Waals surface area (Å²) in [5.74, 6) is -2.95. The first-order valence-corrected chi connectivity index (χ1v) is 5.79. The van der Waals surface area contributed by atoms with Gasteiger partial charge in [-0.25, -0.2) is 0 Å². The van der Waals surface area contributed by atoms with Gasteiger partial charge in [0.05, 0.1) is 5.60 Å². The van der Waals surface area contributed by atoms with E-state index in [0.717, 1.165) is 0 Å². The maximum Gasteiger partial charge on any atom is 0.323 e. The van der Waals surface area contributed by atoms with Gasteiger partial charge in [-0.15, -0.1) is 0 Å². The van der Waals surface area contributed by atoms with Crippen molar-refractivity contribution in [1.82, 2.24) is 0 Å². The van der Waals surface area contributed by atoms with Crippen LogP contribution < -0.4 is 11.5 Å². The fourth-order valence-corrected chi connectivity index (χ4v) is 1.25. The molecule has 0 aliphatic carbocycles. The molecule has 0 rings (SSSR count). The number of rotatable bonds is 4. The Kier molecular flexibility index (Phi) is 5.31. The van der Waals surface area contributed by atoms with E-state index in [1.807, 2.05) is 0 Å². The number of amides is 1. The monoisotopic (exact) mass is 260 g/mol. The molecule has 0 aromatic rings. The minimum Gasteiger partial charge on any atom is -0.459 e. The summed E-state index contributed by atoms with van der Waals surface area (Å²) < 4.78 is 10.5. The Morgan fingerprint density at radius 2 is 1.44 bits per heavy atom. The third kappa shape index (κ3) is 6.56. The molecule has 0 saturated heterocycles. The molecule has 0 bridgehead atoms. The van der Waals surface area contributed by atoms with Gasteiger partial charge in [-0.2, -0.15) is 0 Å². The first-order valence-electron chi connectivity index (χ1n) is 5.79. The number of nitrogens with two attached hydrogens (primary N) is 2. The summed E-state index contributed by atoms with van der Waals surface area (Å²) in [6.45, 7) is 10.4. The molecule has 6 heteroatoms. The van der Waals surface area contributed by atoms with Crippen LogP contribution in [0.4, 0.5) is 0 Å². The summed E-state index contributed by atoms with van der Waals surface area (Å²) in [5.41, 5.74) is 9.57. The molecular formula is C12H24N2O4. The first kappa shape index (κ1) is 16.9. The van der Waals surface area contributed by atoms with Gasteiger partial charge in [0, 0.05) is 0 Å². The molecular weight excluding hydrogens is 236 g/mol. The van der Waals surface area contributed by atoms with Crippen molar-refractivity contribution in [1.29, 1.82) is 0 Å². The van der Waals surface area contributed by atoms with Crippen LogP contribution in [0.5, 0.6) is 0 Å². The van der Waals surface area contributed by atoms with Crippen molar-refractivity contribution in [3.05, 3.63) is 0 Å². The van der Waals surface area contributed by atoms with Crippen LogP contribution in [0.1, 0.15) is 41.5 Å². The maximum absolute atomic E-state index is 11.8. The number of carbonyl (C=O) groups excluding carboxylic acids is 2. The summed E-state index contributed by atoms with van der Waals surface area (Å²) in [6.07, 6.45) is -1.13. The molecule has 2 unspecified atom stereocenters. The van der Waals surface area contributed by atoms with Gasteiger partial charge in [-0.3, -0.25) is 9.59 Å². The quantitative estimate of drug-likeness (QED) is 0.436. The van der Waals surface area contributed by atoms with Crippen LogP contribution in [0.25, 0.3) is 0 Å². The molecule has 106 valence electrons. The third-order valence-electron chi connectivity index (χ3n) is 1.79. The predicted molar refractivity (Wildman–Crippen MR) is 67.3 cm³/mol. The average Bonchev–Trinajstić information content (AvgIpc) is 1.93. The highest BCUT2D eigenvalue weighted by molar-refractivity contribution is 5.97. The van der Waals surface area contributed by atoms with Crippen LogP contribution in [0.3, 0.4) is 0 Å². The molecule has 0 aromatic heterocycles. The van der Waals surface area contributed by atoms with Gasteiger partial charge in [-0.1, -0.05) is 0 Å². The molecule has 6 nitrogen and oxygen atoms in total. The van der Waals surface area contributed by atoms with Gasteiger partial charge in [0.2, 0.25) is 5.91 Å². The van der Waals surface area contributed by atoms with Crippen LogP contribution in [-0.2, 0) is 19.1 Å². The van der Waals surface area contributed by atoms with Crippen molar-refractivity contribution >= 4 is 11.9 Å². The molecule has 0 heterocycles. The zero-order valence-corrected chi connectivity index (χ0v) is 11.9. The number of primary amides is 1. The van der Waals surface area contributed by atoms with E-state index in [2.05, 4.69) is 0 Å². The third-order valence-corrected chi connectivity index (χ3v) is 1.79. The van der Waals surface area contributed by atoms with Crippen LogP contribution in [0.2, 0.25) is 0 Å². The zero-order valence-electron chi connectivity index (χ0n) is 11.9. The summed E-state index contributed by atoms with van der Waals surface area (Å²) in [6, 6.07) is 0. The van der Waals surface area contributed by atoms with E-state index in [0.29, 0.717) is 0 Å². The van der Waals surface area contributed by atoms with Crippen molar-refractivity contribution in [2.75, 3.05) is 0 Å². The fraction of sp³-hybridized carbons (Fsp3) is 0.833. The first-order chi connectivity index (χ1) is 7.83. The van der Waals surface area contributed by atoms with Gasteiger partial charge >= 0.3 is 5.97 Å². The van der Waals surface area contributed by atoms with Gasteiger partial charge < -0.3 is 20.9 Å². The van der Waals surface area contributed by atoms with Crippen LogP contribution in [0, 0.1) is 5.92 Å². The minimum atomic E-state index is -1.32. The van der Waals surface area contributed by atoms with Gasteiger partial charge in [-0.05, 0) is 41.5 Å². The van der Waals surface area contributed by atoms with Crippen LogP contribution in [-0.4, -0.2) is 29.3 Å². The second kappa shape index (κ2) is 5.67. The van der Waals surface area contributed by atoms with E-state index in [9.17, 15) is 9.59 Å². The predicted octanol–water partition coefficient (Wildman–Crippen LogP) is 0.530. The molecule has 0 aliphatic heterocycles. The van der Waals surface area contributed by atoms with Gasteiger partial charge in [0.25, 0.3) is 0 Å².